The molecule has 0 spiro atoms. The van der Waals surface area contributed by atoms with Crippen molar-refractivity contribution in [2.24, 2.45) is 0 Å². The van der Waals surface area contributed by atoms with Gasteiger partial charge in [0.05, 0.1) is 37.6 Å². The second kappa shape index (κ2) is 13.0. The van der Waals surface area contributed by atoms with Crippen LogP contribution in [0.5, 0.6) is 5.75 Å². The van der Waals surface area contributed by atoms with E-state index >= 15 is 0 Å². The van der Waals surface area contributed by atoms with Gasteiger partial charge in [-0.3, -0.25) is 19.2 Å². The smallest absolute Gasteiger partial charge is 0.258 e. The van der Waals surface area contributed by atoms with Crippen LogP contribution in [0.4, 0.5) is 11.4 Å². The zero-order chi connectivity index (χ0) is 31.5. The summed E-state index contributed by atoms with van der Waals surface area (Å²) in [6, 6.07) is 21.7. The molecule has 0 saturated heterocycles. The van der Waals surface area contributed by atoms with E-state index in [9.17, 15) is 19.2 Å². The van der Waals surface area contributed by atoms with Gasteiger partial charge in [-0.15, -0.1) is 0 Å². The summed E-state index contributed by atoms with van der Waals surface area (Å²) < 4.78 is 6.67. The number of nitrogens with zero attached hydrogens (tertiary/aromatic N) is 2. The summed E-state index contributed by atoms with van der Waals surface area (Å²) in [5.41, 5.74) is 2.65. The molecule has 0 aromatic heterocycles. The number of hydrogen-bond acceptors (Lipinski definition) is 6. The van der Waals surface area contributed by atoms with E-state index in [2.05, 4.69) is 26.6 Å². The Morgan fingerprint density at radius 3 is 2.32 bits per heavy atom. The molecule has 44 heavy (non-hydrogen) atoms. The number of rotatable bonds is 8. The molecule has 226 valence electrons. The fourth-order valence-corrected chi connectivity index (χ4v) is 5.72. The Hall–Kier alpha value is -4.54. The van der Waals surface area contributed by atoms with Crippen LogP contribution < -0.4 is 25.2 Å². The van der Waals surface area contributed by atoms with E-state index in [1.54, 1.807) is 68.4 Å². The fraction of sp³-hybridized carbons (Fsp3) is 0.235. The third-order valence-corrected chi connectivity index (χ3v) is 8.40. The number of fused-ring (bicyclic) bond motifs is 2. The molecule has 2 atom stereocenters. The number of carbonyl (C=O) groups is 4. The zero-order valence-electron chi connectivity index (χ0n) is 24.9. The molecule has 4 aromatic carbocycles. The molecular weight excluding hydrogens is 624 g/mol. The summed E-state index contributed by atoms with van der Waals surface area (Å²) >= 11 is 3.54. The highest BCUT2D eigenvalue weighted by Crippen LogP contribution is 2.38. The Kier molecular flexibility index (Phi) is 9.12. The van der Waals surface area contributed by atoms with Crippen LogP contribution in [-0.4, -0.2) is 56.3 Å². The van der Waals surface area contributed by atoms with Crippen LogP contribution in [0.15, 0.2) is 83.3 Å². The highest BCUT2D eigenvalue weighted by Gasteiger charge is 2.38. The van der Waals surface area contributed by atoms with E-state index < -0.39 is 12.1 Å². The molecule has 0 radical (unpaired) electrons. The highest BCUT2D eigenvalue weighted by atomic mass is 79.9. The van der Waals surface area contributed by atoms with E-state index in [0.717, 1.165) is 20.8 Å². The van der Waals surface area contributed by atoms with Crippen LogP contribution in [0.1, 0.15) is 40.1 Å². The topological polar surface area (TPSA) is 108 Å². The molecule has 0 fully saturated rings. The van der Waals surface area contributed by atoms with E-state index in [-0.39, 0.29) is 36.6 Å². The Balaban J connectivity index is 1.64. The molecule has 0 aliphatic carbocycles. The molecule has 1 aliphatic heterocycles. The average molecular weight is 658 g/mol. The summed E-state index contributed by atoms with van der Waals surface area (Å²) in [4.78, 5) is 56.5. The van der Waals surface area contributed by atoms with E-state index in [1.807, 2.05) is 36.4 Å². The van der Waals surface area contributed by atoms with Crippen molar-refractivity contribution in [3.05, 3.63) is 100 Å². The minimum atomic E-state index is -1.05. The Morgan fingerprint density at radius 1 is 0.977 bits per heavy atom. The molecule has 0 saturated carbocycles. The first-order valence-corrected chi connectivity index (χ1v) is 15.0. The molecule has 3 amide bonds. The van der Waals surface area contributed by atoms with Gasteiger partial charge in [0.15, 0.2) is 5.78 Å². The van der Waals surface area contributed by atoms with Crippen LogP contribution in [-0.2, 0) is 16.1 Å². The first-order chi connectivity index (χ1) is 21.1. The molecule has 2 N–H and O–H groups in total. The Labute approximate surface area is 264 Å². The first kappa shape index (κ1) is 30.9. The maximum atomic E-state index is 14.4. The maximum absolute atomic E-state index is 14.4. The predicted molar refractivity (Wildman–Crippen MR) is 174 cm³/mol. The van der Waals surface area contributed by atoms with Crippen molar-refractivity contribution in [1.29, 1.82) is 0 Å². The number of para-hydroxylation sites is 2. The van der Waals surface area contributed by atoms with Gasteiger partial charge in [-0.25, -0.2) is 0 Å². The summed E-state index contributed by atoms with van der Waals surface area (Å²) in [5, 5.41) is 7.65. The van der Waals surface area contributed by atoms with Crippen LogP contribution in [0.25, 0.3) is 10.8 Å². The average Bonchev–Trinajstić information content (AvgIpc) is 3.14. The third-order valence-electron chi connectivity index (χ3n) is 7.91. The van der Waals surface area contributed by atoms with Gasteiger partial charge in [0.2, 0.25) is 5.91 Å². The second-order valence-corrected chi connectivity index (χ2v) is 11.6. The van der Waals surface area contributed by atoms with Crippen molar-refractivity contribution in [2.45, 2.75) is 32.5 Å². The number of nitrogens with one attached hydrogen (secondary N) is 2. The Morgan fingerprint density at radius 2 is 1.66 bits per heavy atom. The SMILES string of the molecule is CN[C@@H](C)C(=O)N[C@H]1CN(C(=O)c2ccc(C(C)=O)cc2)c2ccccc2N(Cc2c(OC)ccc3cc(Br)ccc23)C1=O. The number of anilines is 2. The lowest BCUT2D eigenvalue weighted by molar-refractivity contribution is -0.128. The minimum Gasteiger partial charge on any atom is -0.496 e. The fourth-order valence-electron chi connectivity index (χ4n) is 5.34. The number of likely N-dealkylation sites (N-methyl/N-ethyl adjacent to an activating group) is 1. The maximum Gasteiger partial charge on any atom is 0.258 e. The predicted octanol–water partition coefficient (Wildman–Crippen LogP) is 5.10. The standard InChI is InChI=1S/C34H33BrN4O5/c1-20(36-3)32(41)37-28-19-39(33(42)23-11-9-22(10-12-23)21(2)40)30-8-6-5-7-29(30)38(34(28)43)18-27-26-15-14-25(35)17-24(26)13-16-31(27)44-4/h5-17,20,28,36H,18-19H2,1-4H3,(H,37,41)/t20-,28-/m0/s1. The van der Waals surface area contributed by atoms with Crippen molar-refractivity contribution in [1.82, 2.24) is 10.6 Å². The largest absolute Gasteiger partial charge is 0.496 e. The molecule has 10 heteroatoms. The number of hydrogen-bond donors (Lipinski definition) is 2. The summed E-state index contributed by atoms with van der Waals surface area (Å²) in [6.45, 7) is 3.19. The summed E-state index contributed by atoms with van der Waals surface area (Å²) in [5.74, 6) is -0.606. The molecule has 0 unspecified atom stereocenters. The molecule has 9 nitrogen and oxygen atoms in total. The van der Waals surface area contributed by atoms with Gasteiger partial charge >= 0.3 is 0 Å². The Bertz CT molecular complexity index is 1760. The molecular formula is C34H33BrN4O5. The van der Waals surface area contributed by atoms with Gasteiger partial charge in [-0.2, -0.15) is 0 Å². The van der Waals surface area contributed by atoms with Gasteiger partial charge in [-0.1, -0.05) is 52.3 Å². The second-order valence-electron chi connectivity index (χ2n) is 10.6. The number of benzene rings is 4. The van der Waals surface area contributed by atoms with Crippen molar-refractivity contribution in [2.75, 3.05) is 30.5 Å². The van der Waals surface area contributed by atoms with Gasteiger partial charge in [0.1, 0.15) is 11.8 Å². The van der Waals surface area contributed by atoms with Gasteiger partial charge in [0.25, 0.3) is 11.8 Å². The van der Waals surface area contributed by atoms with Crippen LogP contribution in [0.2, 0.25) is 0 Å². The van der Waals surface area contributed by atoms with Crippen molar-refractivity contribution in [3.8, 4) is 5.75 Å². The number of carbonyl (C=O) groups excluding carboxylic acids is 4. The molecule has 0 bridgehead atoms. The van der Waals surface area contributed by atoms with Crippen molar-refractivity contribution >= 4 is 61.6 Å². The van der Waals surface area contributed by atoms with Crippen molar-refractivity contribution < 1.29 is 23.9 Å². The number of amides is 3. The van der Waals surface area contributed by atoms with Gasteiger partial charge in [0, 0.05) is 21.2 Å². The van der Waals surface area contributed by atoms with Crippen molar-refractivity contribution in [3.63, 3.8) is 0 Å². The first-order valence-electron chi connectivity index (χ1n) is 14.2. The third kappa shape index (κ3) is 6.09. The normalized spacial score (nSPS) is 15.4. The molecule has 1 aliphatic rings. The summed E-state index contributed by atoms with van der Waals surface area (Å²) in [7, 11) is 3.24. The quantitative estimate of drug-likeness (QED) is 0.256. The van der Waals surface area contributed by atoms with E-state index in [1.165, 1.54) is 11.8 Å². The van der Waals surface area contributed by atoms with Crippen LogP contribution in [0, 0.1) is 0 Å². The van der Waals surface area contributed by atoms with Crippen LogP contribution in [0.3, 0.4) is 0 Å². The minimum absolute atomic E-state index is 0.0958. The number of Topliss-reactive ketones (excluding diaryl/α,β-unsaturated/α-hetero) is 1. The van der Waals surface area contributed by atoms with Gasteiger partial charge in [-0.05, 0) is 74.1 Å². The van der Waals surface area contributed by atoms with Crippen LogP contribution >= 0.6 is 15.9 Å². The molecule has 1 heterocycles. The number of ketones is 1. The summed E-state index contributed by atoms with van der Waals surface area (Å²) in [6.07, 6.45) is 0. The lowest BCUT2D eigenvalue weighted by Gasteiger charge is -2.27. The number of ether oxygens (including phenoxy) is 1. The number of halogens is 1. The zero-order valence-corrected chi connectivity index (χ0v) is 26.5. The molecule has 4 aromatic rings. The van der Waals surface area contributed by atoms with E-state index in [4.69, 9.17) is 4.74 Å². The monoisotopic (exact) mass is 656 g/mol. The lowest BCUT2D eigenvalue weighted by Crippen LogP contribution is -2.55. The number of methoxy groups -OCH3 is 1. The van der Waals surface area contributed by atoms with Gasteiger partial charge < -0.3 is 25.2 Å². The lowest BCUT2D eigenvalue weighted by atomic mass is 10.0. The van der Waals surface area contributed by atoms with E-state index in [0.29, 0.717) is 28.3 Å². The highest BCUT2D eigenvalue weighted by molar-refractivity contribution is 9.10. The molecule has 5 rings (SSSR count).